The molecule has 8 heteroatoms. The summed E-state index contributed by atoms with van der Waals surface area (Å²) in [5.41, 5.74) is 0. The minimum absolute atomic E-state index is 0.0126. The molecule has 0 aliphatic carbocycles. The van der Waals surface area contributed by atoms with Crippen LogP contribution < -0.4 is 4.72 Å². The van der Waals surface area contributed by atoms with Crippen molar-refractivity contribution in [3.05, 3.63) is 24.8 Å². The van der Waals surface area contributed by atoms with Gasteiger partial charge in [0.05, 0.1) is 18.6 Å². The van der Waals surface area contributed by atoms with E-state index in [-0.39, 0.29) is 11.1 Å². The lowest BCUT2D eigenvalue weighted by Crippen LogP contribution is -2.19. The highest BCUT2D eigenvalue weighted by atomic mass is 32.2. The van der Waals surface area contributed by atoms with Crippen molar-refractivity contribution >= 4 is 15.8 Å². The lowest BCUT2D eigenvalue weighted by atomic mass is 10.1. The van der Waals surface area contributed by atoms with Gasteiger partial charge in [-0.2, -0.15) is 13.5 Å². The van der Waals surface area contributed by atoms with Crippen LogP contribution in [-0.4, -0.2) is 27.7 Å². The molecule has 1 atom stereocenters. The number of aryl methyl sites for hydroxylation is 1. The summed E-state index contributed by atoms with van der Waals surface area (Å²) >= 11 is 0. The fourth-order valence-electron chi connectivity index (χ4n) is 2.37. The highest BCUT2D eigenvalue weighted by Gasteiger charge is 2.21. The van der Waals surface area contributed by atoms with E-state index in [4.69, 9.17) is 0 Å². The molecule has 2 rings (SSSR count). The van der Waals surface area contributed by atoms with Gasteiger partial charge in [0, 0.05) is 18.8 Å². The topological polar surface area (TPSA) is 81.8 Å². The minimum Gasteiger partial charge on any atom is -0.336 e. The molecule has 0 spiro atoms. The Morgan fingerprint density at radius 2 is 2.05 bits per heavy atom. The normalized spacial score (nSPS) is 13.5. The number of hydrogen-bond acceptors (Lipinski definition) is 4. The first-order chi connectivity index (χ1) is 10.3. The summed E-state index contributed by atoms with van der Waals surface area (Å²) in [6, 6.07) is 1.77. The predicted molar refractivity (Wildman–Crippen MR) is 85.1 cm³/mol. The van der Waals surface area contributed by atoms with Gasteiger partial charge in [0.1, 0.15) is 5.82 Å². The van der Waals surface area contributed by atoms with Crippen LogP contribution in [-0.2, 0) is 16.6 Å². The molecule has 0 fully saturated rings. The van der Waals surface area contributed by atoms with Crippen LogP contribution in [0.25, 0.3) is 0 Å². The molecule has 0 saturated carbocycles. The van der Waals surface area contributed by atoms with E-state index in [0.717, 1.165) is 6.42 Å². The number of anilines is 1. The van der Waals surface area contributed by atoms with Crippen molar-refractivity contribution in [2.45, 2.75) is 51.7 Å². The van der Waals surface area contributed by atoms with Crippen LogP contribution in [0.2, 0.25) is 0 Å². The number of hydrogen-bond donors (Lipinski definition) is 1. The maximum absolute atomic E-state index is 12.4. The van der Waals surface area contributed by atoms with Gasteiger partial charge < -0.3 is 4.57 Å². The number of imidazole rings is 1. The smallest absolute Gasteiger partial charge is 0.282 e. The van der Waals surface area contributed by atoms with Crippen molar-refractivity contribution in [1.29, 1.82) is 0 Å². The first-order valence-corrected chi connectivity index (χ1v) is 8.90. The van der Waals surface area contributed by atoms with Crippen LogP contribution in [0, 0.1) is 5.92 Å². The van der Waals surface area contributed by atoms with Crippen LogP contribution in [0.5, 0.6) is 0 Å². The molecule has 0 bridgehead atoms. The van der Waals surface area contributed by atoms with Crippen molar-refractivity contribution in [2.24, 2.45) is 5.92 Å². The fourth-order valence-corrected chi connectivity index (χ4v) is 3.37. The van der Waals surface area contributed by atoms with Gasteiger partial charge in [-0.25, -0.2) is 9.67 Å². The molecule has 1 N–H and O–H groups in total. The Kier molecular flexibility index (Phi) is 4.90. The molecular formula is C14H23N5O2S. The van der Waals surface area contributed by atoms with Gasteiger partial charge in [-0.3, -0.25) is 4.72 Å². The summed E-state index contributed by atoms with van der Waals surface area (Å²) in [6.07, 6.45) is 5.54. The monoisotopic (exact) mass is 325 g/mol. The second-order valence-corrected chi connectivity index (χ2v) is 7.42. The van der Waals surface area contributed by atoms with Gasteiger partial charge in [-0.1, -0.05) is 13.8 Å². The highest BCUT2D eigenvalue weighted by molar-refractivity contribution is 7.92. The lowest BCUT2D eigenvalue weighted by Gasteiger charge is -2.17. The molecular weight excluding hydrogens is 302 g/mol. The zero-order chi connectivity index (χ0) is 16.3. The molecule has 2 heterocycles. The van der Waals surface area contributed by atoms with E-state index in [1.807, 2.05) is 13.8 Å². The van der Waals surface area contributed by atoms with E-state index in [0.29, 0.717) is 18.3 Å². The summed E-state index contributed by atoms with van der Waals surface area (Å²) in [7, 11) is -3.70. The SMILES string of the molecule is CCn1cnc(S(=O)(=O)Nc2ccnn2[C@@H](C)CC(C)C)c1. The van der Waals surface area contributed by atoms with Crippen molar-refractivity contribution in [3.8, 4) is 0 Å². The average molecular weight is 325 g/mol. The molecule has 2 aromatic rings. The zero-order valence-electron chi connectivity index (χ0n) is 13.4. The zero-order valence-corrected chi connectivity index (χ0v) is 14.2. The van der Waals surface area contributed by atoms with E-state index in [1.165, 1.54) is 12.5 Å². The van der Waals surface area contributed by atoms with Gasteiger partial charge in [0.15, 0.2) is 5.03 Å². The predicted octanol–water partition coefficient (Wildman–Crippen LogP) is 2.51. The van der Waals surface area contributed by atoms with Crippen LogP contribution in [0.4, 0.5) is 5.82 Å². The van der Waals surface area contributed by atoms with Crippen molar-refractivity contribution in [1.82, 2.24) is 19.3 Å². The quantitative estimate of drug-likeness (QED) is 0.848. The number of sulfonamides is 1. The van der Waals surface area contributed by atoms with E-state index in [9.17, 15) is 8.42 Å². The molecule has 122 valence electrons. The van der Waals surface area contributed by atoms with Crippen LogP contribution >= 0.6 is 0 Å². The molecule has 0 aliphatic rings. The Bertz CT molecular complexity index is 717. The fraction of sp³-hybridized carbons (Fsp3) is 0.571. The largest absolute Gasteiger partial charge is 0.336 e. The molecule has 0 amide bonds. The first kappa shape index (κ1) is 16.5. The molecule has 0 unspecified atom stereocenters. The first-order valence-electron chi connectivity index (χ1n) is 7.41. The summed E-state index contributed by atoms with van der Waals surface area (Å²) < 4.78 is 30.8. The standard InChI is InChI=1S/C14H23N5O2S/c1-5-18-9-14(15-10-18)22(20,21)17-13-6-7-16-19(13)12(4)8-11(2)3/h6-7,9-12,17H,5,8H2,1-4H3/t12-/m0/s1. The maximum atomic E-state index is 12.4. The molecule has 22 heavy (non-hydrogen) atoms. The van der Waals surface area contributed by atoms with Gasteiger partial charge in [0.2, 0.25) is 0 Å². The van der Waals surface area contributed by atoms with Gasteiger partial charge in [-0.15, -0.1) is 0 Å². The number of aromatic nitrogens is 4. The Balaban J connectivity index is 2.22. The van der Waals surface area contributed by atoms with Gasteiger partial charge in [-0.05, 0) is 26.2 Å². The average Bonchev–Trinajstić information content (AvgIpc) is 3.05. The Morgan fingerprint density at radius 3 is 2.64 bits per heavy atom. The van der Waals surface area contributed by atoms with Crippen LogP contribution in [0.3, 0.4) is 0 Å². The Morgan fingerprint density at radius 1 is 1.32 bits per heavy atom. The third-order valence-corrected chi connectivity index (χ3v) is 4.63. The van der Waals surface area contributed by atoms with Crippen molar-refractivity contribution in [3.63, 3.8) is 0 Å². The third-order valence-electron chi connectivity index (χ3n) is 3.39. The third kappa shape index (κ3) is 3.68. The van der Waals surface area contributed by atoms with Crippen molar-refractivity contribution in [2.75, 3.05) is 4.72 Å². The minimum atomic E-state index is -3.70. The molecule has 0 aromatic carbocycles. The summed E-state index contributed by atoms with van der Waals surface area (Å²) in [4.78, 5) is 3.94. The molecule has 0 saturated heterocycles. The van der Waals surface area contributed by atoms with E-state index in [2.05, 4.69) is 28.7 Å². The summed E-state index contributed by atoms with van der Waals surface area (Å²) in [5, 5.41) is 4.25. The van der Waals surface area contributed by atoms with E-state index in [1.54, 1.807) is 21.5 Å². The second kappa shape index (κ2) is 6.51. The maximum Gasteiger partial charge on any atom is 0.282 e. The lowest BCUT2D eigenvalue weighted by molar-refractivity contribution is 0.402. The summed E-state index contributed by atoms with van der Waals surface area (Å²) in [6.45, 7) is 8.87. The van der Waals surface area contributed by atoms with Gasteiger partial charge in [0.25, 0.3) is 10.0 Å². The number of nitrogens with one attached hydrogen (secondary N) is 1. The molecule has 0 aliphatic heterocycles. The van der Waals surface area contributed by atoms with Crippen LogP contribution in [0.1, 0.15) is 40.2 Å². The Labute approximate surface area is 131 Å². The number of rotatable bonds is 7. The van der Waals surface area contributed by atoms with E-state index < -0.39 is 10.0 Å². The molecule has 2 aromatic heterocycles. The highest BCUT2D eigenvalue weighted by Crippen LogP contribution is 2.22. The van der Waals surface area contributed by atoms with E-state index >= 15 is 0 Å². The number of nitrogens with zero attached hydrogens (tertiary/aromatic N) is 4. The summed E-state index contributed by atoms with van der Waals surface area (Å²) in [5.74, 6) is 0.961. The molecule has 0 radical (unpaired) electrons. The van der Waals surface area contributed by atoms with Crippen molar-refractivity contribution < 1.29 is 8.42 Å². The van der Waals surface area contributed by atoms with Crippen LogP contribution in [0.15, 0.2) is 29.8 Å². The second-order valence-electron chi connectivity index (χ2n) is 5.79. The molecule has 7 nitrogen and oxygen atoms in total. The Hall–Kier alpha value is -1.83. The van der Waals surface area contributed by atoms with Gasteiger partial charge >= 0.3 is 0 Å².